The van der Waals surface area contributed by atoms with Gasteiger partial charge in [-0.2, -0.15) is 0 Å². The van der Waals surface area contributed by atoms with Gasteiger partial charge in [-0.15, -0.1) is 0 Å². The van der Waals surface area contributed by atoms with E-state index in [0.717, 1.165) is 38.9 Å². The molecule has 58 heavy (non-hydrogen) atoms. The van der Waals surface area contributed by atoms with Crippen molar-refractivity contribution >= 4 is 75.5 Å². The van der Waals surface area contributed by atoms with Crippen molar-refractivity contribution in [2.24, 2.45) is 0 Å². The van der Waals surface area contributed by atoms with Crippen molar-refractivity contribution in [1.29, 1.82) is 0 Å². The maximum Gasteiger partial charge on any atom is 0.161 e. The normalized spacial score (nSPS) is 11.8. The van der Waals surface area contributed by atoms with Gasteiger partial charge in [0.2, 0.25) is 0 Å². The van der Waals surface area contributed by atoms with Gasteiger partial charge in [0.1, 0.15) is 0 Å². The van der Waals surface area contributed by atoms with Crippen LogP contribution in [0, 0.1) is 0 Å². The fraction of sp³-hybridized carbons (Fsp3) is 0. The lowest BCUT2D eigenvalue weighted by atomic mass is 9.88. The van der Waals surface area contributed by atoms with Gasteiger partial charge in [0.05, 0.1) is 11.2 Å². The van der Waals surface area contributed by atoms with Crippen LogP contribution in [0.3, 0.4) is 0 Å². The molecule has 0 bridgehead atoms. The van der Waals surface area contributed by atoms with E-state index in [1.165, 1.54) is 81.5 Å². The Labute approximate surface area is 335 Å². The maximum atomic E-state index is 5.22. The van der Waals surface area contributed by atoms with E-state index in [1.54, 1.807) is 0 Å². The van der Waals surface area contributed by atoms with Crippen molar-refractivity contribution in [3.05, 3.63) is 206 Å². The van der Waals surface area contributed by atoms with Gasteiger partial charge in [0, 0.05) is 16.5 Å². The topological polar surface area (TPSA) is 25.8 Å². The summed E-state index contributed by atoms with van der Waals surface area (Å²) in [4.78, 5) is 10.3. The highest BCUT2D eigenvalue weighted by Gasteiger charge is 2.17. The molecule has 0 saturated heterocycles. The second-order valence-electron chi connectivity index (χ2n) is 15.2. The SMILES string of the molecule is c1ccc(-c2nc(-c3ccc(-c4ccc(-c5cc6ccc7cccc8c9ccccc9c9ccccc9c(c5)c6c78)cc4)c4ccccc34)nc3ccccc23)cc1. The largest absolute Gasteiger partial charge is 0.228 e. The summed E-state index contributed by atoms with van der Waals surface area (Å²) in [7, 11) is 0. The first-order chi connectivity index (χ1) is 28.8. The van der Waals surface area contributed by atoms with Gasteiger partial charge in [-0.05, 0) is 111 Å². The Morgan fingerprint density at radius 1 is 0.259 bits per heavy atom. The fourth-order valence-corrected chi connectivity index (χ4v) is 9.35. The van der Waals surface area contributed by atoms with Crippen LogP contribution in [0.1, 0.15) is 0 Å². The minimum absolute atomic E-state index is 0.729. The number of nitrogens with zero attached hydrogens (tertiary/aromatic N) is 2. The zero-order valence-electron chi connectivity index (χ0n) is 31.5. The summed E-state index contributed by atoms with van der Waals surface area (Å²) in [6, 6.07) is 74.7. The molecule has 0 amide bonds. The predicted octanol–water partition coefficient (Wildman–Crippen LogP) is 15.2. The van der Waals surface area contributed by atoms with E-state index in [2.05, 4.69) is 194 Å². The molecule has 1 heterocycles. The van der Waals surface area contributed by atoms with E-state index in [9.17, 15) is 0 Å². The molecular weight excluding hydrogens is 701 g/mol. The van der Waals surface area contributed by atoms with Gasteiger partial charge in [0.15, 0.2) is 5.82 Å². The van der Waals surface area contributed by atoms with Crippen molar-refractivity contribution in [3.8, 4) is 44.9 Å². The number of hydrogen-bond acceptors (Lipinski definition) is 2. The number of para-hydroxylation sites is 1. The van der Waals surface area contributed by atoms with Gasteiger partial charge < -0.3 is 0 Å². The van der Waals surface area contributed by atoms with Crippen LogP contribution in [0.5, 0.6) is 0 Å². The van der Waals surface area contributed by atoms with Crippen LogP contribution in [0.25, 0.3) is 120 Å². The molecule has 0 fully saturated rings. The summed E-state index contributed by atoms with van der Waals surface area (Å²) in [5, 5.41) is 16.1. The van der Waals surface area contributed by atoms with E-state index in [1.807, 2.05) is 12.1 Å². The van der Waals surface area contributed by atoms with Crippen LogP contribution < -0.4 is 0 Å². The van der Waals surface area contributed by atoms with Crippen molar-refractivity contribution in [1.82, 2.24) is 9.97 Å². The van der Waals surface area contributed by atoms with Gasteiger partial charge in [-0.25, -0.2) is 9.97 Å². The molecule has 0 aliphatic heterocycles. The monoisotopic (exact) mass is 734 g/mol. The van der Waals surface area contributed by atoms with Gasteiger partial charge >= 0.3 is 0 Å². The molecule has 2 nitrogen and oxygen atoms in total. The second kappa shape index (κ2) is 12.9. The smallest absolute Gasteiger partial charge is 0.161 e. The van der Waals surface area contributed by atoms with E-state index >= 15 is 0 Å². The molecule has 1 aromatic heterocycles. The third-order valence-corrected chi connectivity index (χ3v) is 12.0. The number of fused-ring (bicyclic) bond motifs is 7. The van der Waals surface area contributed by atoms with Gasteiger partial charge in [-0.3, -0.25) is 0 Å². The highest BCUT2D eigenvalue weighted by Crippen LogP contribution is 2.43. The summed E-state index contributed by atoms with van der Waals surface area (Å²) >= 11 is 0. The molecule has 0 aliphatic rings. The summed E-state index contributed by atoms with van der Waals surface area (Å²) < 4.78 is 0. The first-order valence-electron chi connectivity index (χ1n) is 19.9. The third-order valence-electron chi connectivity index (χ3n) is 12.0. The van der Waals surface area contributed by atoms with E-state index in [0.29, 0.717) is 0 Å². The lowest BCUT2D eigenvalue weighted by Crippen LogP contribution is -1.96. The standard InChI is InChI=1S/C56H34N2/c1-2-13-38(14-3-1)55-50-22-10-11-24-52(50)57-56(58-55)49-32-31-41(42-16-4-8-20-46(42)49)36-27-25-35(26-28-36)40-33-39-30-29-37-15-12-23-48-45-19-7-5-17-43(45)44-18-6-9-21-47(44)51(34-40)54(39)53(37)48/h1-34H. The summed E-state index contributed by atoms with van der Waals surface area (Å²) in [5.41, 5.74) is 8.73. The molecule has 12 rings (SSSR count). The fourth-order valence-electron chi connectivity index (χ4n) is 9.35. The lowest BCUT2D eigenvalue weighted by molar-refractivity contribution is 1.23. The Kier molecular flexibility index (Phi) is 7.26. The molecular formula is C56H34N2. The minimum Gasteiger partial charge on any atom is -0.228 e. The van der Waals surface area contributed by atoms with E-state index < -0.39 is 0 Å². The number of benzene rings is 10. The summed E-state index contributed by atoms with van der Waals surface area (Å²) in [5.74, 6) is 0.729. The first-order valence-corrected chi connectivity index (χ1v) is 19.9. The average molecular weight is 735 g/mol. The average Bonchev–Trinajstić information content (AvgIpc) is 3.30. The number of rotatable bonds is 4. The second-order valence-corrected chi connectivity index (χ2v) is 15.2. The molecule has 268 valence electrons. The van der Waals surface area contributed by atoms with Crippen LogP contribution in [0.2, 0.25) is 0 Å². The highest BCUT2D eigenvalue weighted by atomic mass is 14.9. The molecule has 2 heteroatoms. The molecule has 0 saturated carbocycles. The van der Waals surface area contributed by atoms with Crippen LogP contribution in [-0.4, -0.2) is 9.97 Å². The van der Waals surface area contributed by atoms with Gasteiger partial charge in [-0.1, -0.05) is 182 Å². The molecule has 0 spiro atoms. The highest BCUT2D eigenvalue weighted by molar-refractivity contribution is 6.33. The Morgan fingerprint density at radius 3 is 1.53 bits per heavy atom. The molecule has 0 aliphatic carbocycles. The third kappa shape index (κ3) is 5.05. The zero-order valence-corrected chi connectivity index (χ0v) is 31.5. The lowest BCUT2D eigenvalue weighted by Gasteiger charge is -2.16. The number of aromatic nitrogens is 2. The molecule has 0 radical (unpaired) electrons. The van der Waals surface area contributed by atoms with Crippen molar-refractivity contribution < 1.29 is 0 Å². The van der Waals surface area contributed by atoms with E-state index in [-0.39, 0.29) is 0 Å². The van der Waals surface area contributed by atoms with Crippen molar-refractivity contribution in [3.63, 3.8) is 0 Å². The minimum atomic E-state index is 0.729. The quantitative estimate of drug-likeness (QED) is 0.168. The zero-order chi connectivity index (χ0) is 38.2. The summed E-state index contributed by atoms with van der Waals surface area (Å²) in [6.07, 6.45) is 0. The predicted molar refractivity (Wildman–Crippen MR) is 246 cm³/mol. The Balaban J connectivity index is 1.01. The van der Waals surface area contributed by atoms with Crippen LogP contribution >= 0.6 is 0 Å². The Hall–Kier alpha value is -7.68. The molecule has 0 atom stereocenters. The molecule has 0 unspecified atom stereocenters. The van der Waals surface area contributed by atoms with E-state index in [4.69, 9.17) is 9.97 Å². The van der Waals surface area contributed by atoms with Crippen molar-refractivity contribution in [2.45, 2.75) is 0 Å². The first kappa shape index (κ1) is 32.6. The van der Waals surface area contributed by atoms with Crippen LogP contribution in [0.4, 0.5) is 0 Å². The Bertz CT molecular complexity index is 3610. The Morgan fingerprint density at radius 2 is 0.793 bits per heavy atom. The van der Waals surface area contributed by atoms with Gasteiger partial charge in [0.25, 0.3) is 0 Å². The molecule has 11 aromatic carbocycles. The molecule has 12 aromatic rings. The molecule has 0 N–H and O–H groups in total. The summed E-state index contributed by atoms with van der Waals surface area (Å²) in [6.45, 7) is 0. The van der Waals surface area contributed by atoms with Crippen LogP contribution in [-0.2, 0) is 0 Å². The van der Waals surface area contributed by atoms with Crippen molar-refractivity contribution in [2.75, 3.05) is 0 Å². The number of hydrogen-bond donors (Lipinski definition) is 0. The maximum absolute atomic E-state index is 5.22. The van der Waals surface area contributed by atoms with Crippen LogP contribution in [0.15, 0.2) is 206 Å².